The second kappa shape index (κ2) is 7.95. The molecule has 0 radical (unpaired) electrons. The quantitative estimate of drug-likeness (QED) is 0.224. The Morgan fingerprint density at radius 2 is 1.73 bits per heavy atom. The maximum atomic E-state index is 16.0. The summed E-state index contributed by atoms with van der Waals surface area (Å²) in [4.78, 5) is 4.92. The van der Waals surface area contributed by atoms with Crippen LogP contribution >= 0.6 is 15.9 Å². The lowest BCUT2D eigenvalue weighted by Crippen LogP contribution is -2.15. The van der Waals surface area contributed by atoms with E-state index in [1.54, 1.807) is 6.92 Å². The van der Waals surface area contributed by atoms with Crippen molar-refractivity contribution in [2.75, 3.05) is 0 Å². The molecule has 5 aromatic rings. The van der Waals surface area contributed by atoms with E-state index >= 15 is 4.39 Å². The molecular formula is C29H28BrFN2. The van der Waals surface area contributed by atoms with E-state index in [-0.39, 0.29) is 0 Å². The molecule has 5 rings (SSSR count). The topological polar surface area (TPSA) is 17.3 Å². The van der Waals surface area contributed by atoms with Gasteiger partial charge in [-0.25, -0.2) is 9.37 Å². The normalized spacial score (nSPS) is 13.8. The standard InChI is InChI=1S/C29H28BrFN2/c1-6-12-29(5,31)23-9-7-8-21-22-15-20(30)10-11-24(22)33-25(16-32-28(33)27(21)23)26-18(3)13-17(2)14-19(26)4/h7-11,13-16H,6,12H2,1-5H3. The van der Waals surface area contributed by atoms with Gasteiger partial charge in [-0.2, -0.15) is 0 Å². The Balaban J connectivity index is 2.01. The fraction of sp³-hybridized carbons (Fsp3) is 0.276. The van der Waals surface area contributed by atoms with Crippen molar-refractivity contribution in [1.82, 2.24) is 9.38 Å². The number of hydrogen-bond donors (Lipinski definition) is 0. The molecule has 0 aliphatic heterocycles. The van der Waals surface area contributed by atoms with Gasteiger partial charge in [0.05, 0.1) is 17.4 Å². The summed E-state index contributed by atoms with van der Waals surface area (Å²) in [5, 5.41) is 3.02. The van der Waals surface area contributed by atoms with Crippen LogP contribution in [0.15, 0.2) is 59.2 Å². The SMILES string of the molecule is CCCC(C)(F)c1cccc2c3cc(Br)ccc3n3c(-c4c(C)cc(C)cc4C)cnc3c12. The highest BCUT2D eigenvalue weighted by Gasteiger charge is 2.29. The Kier molecular flexibility index (Phi) is 5.32. The number of alkyl halides is 1. The lowest BCUT2D eigenvalue weighted by molar-refractivity contribution is 0.177. The molecule has 0 amide bonds. The summed E-state index contributed by atoms with van der Waals surface area (Å²) in [6, 6.07) is 16.7. The molecule has 2 aromatic heterocycles. The van der Waals surface area contributed by atoms with Crippen molar-refractivity contribution in [2.24, 2.45) is 0 Å². The third-order valence-electron chi connectivity index (χ3n) is 6.75. The van der Waals surface area contributed by atoms with Gasteiger partial charge >= 0.3 is 0 Å². The first-order chi connectivity index (χ1) is 15.7. The van der Waals surface area contributed by atoms with Gasteiger partial charge in [0, 0.05) is 26.4 Å². The molecule has 0 fully saturated rings. The Bertz CT molecular complexity index is 1520. The number of halogens is 2. The molecule has 1 unspecified atom stereocenters. The molecular weight excluding hydrogens is 475 g/mol. The van der Waals surface area contributed by atoms with Crippen LogP contribution in [-0.2, 0) is 5.67 Å². The fourth-order valence-corrected chi connectivity index (χ4v) is 5.87. The van der Waals surface area contributed by atoms with Crippen LogP contribution in [0.2, 0.25) is 0 Å². The number of aromatic nitrogens is 2. The van der Waals surface area contributed by atoms with Gasteiger partial charge in [-0.1, -0.05) is 65.2 Å². The van der Waals surface area contributed by atoms with Crippen LogP contribution in [0.3, 0.4) is 0 Å². The van der Waals surface area contributed by atoms with Gasteiger partial charge in [0.25, 0.3) is 0 Å². The predicted octanol–water partition coefficient (Wildman–Crippen LogP) is 8.98. The van der Waals surface area contributed by atoms with Gasteiger partial charge in [-0.3, -0.25) is 4.40 Å². The minimum Gasteiger partial charge on any atom is -0.292 e. The summed E-state index contributed by atoms with van der Waals surface area (Å²) >= 11 is 3.65. The van der Waals surface area contributed by atoms with E-state index in [1.165, 1.54) is 22.3 Å². The predicted molar refractivity (Wildman–Crippen MR) is 141 cm³/mol. The lowest BCUT2D eigenvalue weighted by atomic mass is 9.88. The van der Waals surface area contributed by atoms with Gasteiger partial charge < -0.3 is 0 Å². The molecule has 0 aliphatic rings. The highest BCUT2D eigenvalue weighted by Crippen LogP contribution is 2.42. The van der Waals surface area contributed by atoms with E-state index < -0.39 is 5.67 Å². The number of fused-ring (bicyclic) bond motifs is 6. The van der Waals surface area contributed by atoms with Gasteiger partial charge in [-0.15, -0.1) is 0 Å². The zero-order chi connectivity index (χ0) is 23.5. The zero-order valence-electron chi connectivity index (χ0n) is 19.8. The molecule has 2 nitrogen and oxygen atoms in total. The van der Waals surface area contributed by atoms with Crippen LogP contribution < -0.4 is 0 Å². The maximum absolute atomic E-state index is 16.0. The van der Waals surface area contributed by atoms with E-state index in [9.17, 15) is 0 Å². The van der Waals surface area contributed by atoms with Crippen molar-refractivity contribution < 1.29 is 4.39 Å². The van der Waals surface area contributed by atoms with Crippen molar-refractivity contribution in [2.45, 2.75) is 53.1 Å². The summed E-state index contributed by atoms with van der Waals surface area (Å²) in [7, 11) is 0. The van der Waals surface area contributed by atoms with Crippen LogP contribution in [-0.4, -0.2) is 9.38 Å². The van der Waals surface area contributed by atoms with Crippen LogP contribution in [0.1, 0.15) is 48.9 Å². The van der Waals surface area contributed by atoms with Crippen LogP contribution in [0.4, 0.5) is 4.39 Å². The lowest BCUT2D eigenvalue weighted by Gasteiger charge is -2.23. The summed E-state index contributed by atoms with van der Waals surface area (Å²) < 4.78 is 19.2. The summed E-state index contributed by atoms with van der Waals surface area (Å²) in [5.41, 5.74) is 7.07. The van der Waals surface area contributed by atoms with E-state index in [1.807, 2.05) is 25.3 Å². The number of aryl methyl sites for hydroxylation is 3. The van der Waals surface area contributed by atoms with Crippen molar-refractivity contribution in [3.05, 3.63) is 81.5 Å². The minimum absolute atomic E-state index is 0.471. The van der Waals surface area contributed by atoms with E-state index in [0.717, 1.165) is 43.9 Å². The third kappa shape index (κ3) is 3.47. The van der Waals surface area contributed by atoms with Gasteiger partial charge in [0.15, 0.2) is 0 Å². The van der Waals surface area contributed by atoms with Crippen molar-refractivity contribution in [3.8, 4) is 11.3 Å². The van der Waals surface area contributed by atoms with E-state index in [0.29, 0.717) is 12.0 Å². The highest BCUT2D eigenvalue weighted by atomic mass is 79.9. The Morgan fingerprint density at radius 3 is 2.42 bits per heavy atom. The molecule has 4 heteroatoms. The molecule has 1 atom stereocenters. The number of nitrogens with zero attached hydrogens (tertiary/aromatic N) is 2. The van der Waals surface area contributed by atoms with Crippen LogP contribution in [0.5, 0.6) is 0 Å². The van der Waals surface area contributed by atoms with E-state index in [4.69, 9.17) is 4.98 Å². The molecule has 0 N–H and O–H groups in total. The fourth-order valence-electron chi connectivity index (χ4n) is 5.51. The molecule has 33 heavy (non-hydrogen) atoms. The largest absolute Gasteiger partial charge is 0.292 e. The monoisotopic (exact) mass is 502 g/mol. The number of hydrogen-bond acceptors (Lipinski definition) is 1. The molecule has 3 aromatic carbocycles. The second-order valence-corrected chi connectivity index (χ2v) is 10.3. The maximum Gasteiger partial charge on any atom is 0.146 e. The highest BCUT2D eigenvalue weighted by molar-refractivity contribution is 9.10. The molecule has 2 heterocycles. The molecule has 0 bridgehead atoms. The van der Waals surface area contributed by atoms with Gasteiger partial charge in [0.1, 0.15) is 11.3 Å². The molecule has 0 aliphatic carbocycles. The minimum atomic E-state index is -1.43. The first-order valence-electron chi connectivity index (χ1n) is 11.5. The summed E-state index contributed by atoms with van der Waals surface area (Å²) in [5.74, 6) is 0. The first kappa shape index (κ1) is 22.1. The second-order valence-electron chi connectivity index (χ2n) is 9.41. The number of pyridine rings is 1. The smallest absolute Gasteiger partial charge is 0.146 e. The van der Waals surface area contributed by atoms with Crippen molar-refractivity contribution in [3.63, 3.8) is 0 Å². The van der Waals surface area contributed by atoms with Crippen molar-refractivity contribution >= 4 is 43.3 Å². The molecule has 0 saturated carbocycles. The average molecular weight is 503 g/mol. The molecule has 0 spiro atoms. The zero-order valence-corrected chi connectivity index (χ0v) is 21.3. The number of rotatable bonds is 4. The molecule has 0 saturated heterocycles. The van der Waals surface area contributed by atoms with E-state index in [2.05, 4.69) is 77.5 Å². The van der Waals surface area contributed by atoms with Gasteiger partial charge in [0.2, 0.25) is 0 Å². The van der Waals surface area contributed by atoms with Crippen LogP contribution in [0.25, 0.3) is 38.6 Å². The Morgan fingerprint density at radius 1 is 1.00 bits per heavy atom. The third-order valence-corrected chi connectivity index (χ3v) is 7.25. The first-order valence-corrected chi connectivity index (χ1v) is 12.3. The number of imidazole rings is 1. The summed E-state index contributed by atoms with van der Waals surface area (Å²) in [6.45, 7) is 10.2. The molecule has 168 valence electrons. The van der Waals surface area contributed by atoms with Crippen molar-refractivity contribution in [1.29, 1.82) is 0 Å². The van der Waals surface area contributed by atoms with Crippen LogP contribution in [0, 0.1) is 20.8 Å². The summed E-state index contributed by atoms with van der Waals surface area (Å²) in [6.07, 6.45) is 3.20. The Labute approximate surface area is 202 Å². The number of benzene rings is 3. The van der Waals surface area contributed by atoms with Gasteiger partial charge in [-0.05, 0) is 68.8 Å². The average Bonchev–Trinajstić information content (AvgIpc) is 3.17. The Hall–Kier alpha value is -2.72.